The normalized spacial score (nSPS) is 16.6. The van der Waals surface area contributed by atoms with Crippen molar-refractivity contribution in [1.82, 2.24) is 0 Å². The number of alkyl halides is 2. The van der Waals surface area contributed by atoms with Gasteiger partial charge in [-0.2, -0.15) is 8.78 Å². The van der Waals surface area contributed by atoms with Gasteiger partial charge in [-0.15, -0.1) is 0 Å². The Kier molecular flexibility index (Phi) is 3.24. The van der Waals surface area contributed by atoms with Crippen LogP contribution in [0.2, 0.25) is 0 Å². The van der Waals surface area contributed by atoms with Gasteiger partial charge in [-0.1, -0.05) is 13.8 Å². The lowest BCUT2D eigenvalue weighted by Crippen LogP contribution is -2.32. The van der Waals surface area contributed by atoms with Crippen LogP contribution in [0.25, 0.3) is 0 Å². The van der Waals surface area contributed by atoms with Crippen molar-refractivity contribution in [3.05, 3.63) is 23.8 Å². The van der Waals surface area contributed by atoms with Gasteiger partial charge in [0, 0.05) is 5.69 Å². The van der Waals surface area contributed by atoms with Gasteiger partial charge in [0.1, 0.15) is 5.75 Å². The van der Waals surface area contributed by atoms with E-state index in [1.807, 2.05) is 13.8 Å². The summed E-state index contributed by atoms with van der Waals surface area (Å²) >= 11 is 0. The number of carbonyl (C=O) groups is 1. The molecule has 1 N–H and O–H groups in total. The van der Waals surface area contributed by atoms with E-state index in [1.54, 1.807) is 6.07 Å². The van der Waals surface area contributed by atoms with Crippen LogP contribution in [0.1, 0.15) is 32.3 Å². The van der Waals surface area contributed by atoms with Gasteiger partial charge in [0.05, 0.1) is 5.41 Å². The zero-order chi connectivity index (χ0) is 13.3. The molecule has 0 saturated carbocycles. The number of rotatable bonds is 4. The van der Waals surface area contributed by atoms with Crippen LogP contribution in [0.5, 0.6) is 5.75 Å². The molecule has 1 aliphatic rings. The summed E-state index contributed by atoms with van der Waals surface area (Å²) in [5, 5.41) is 2.79. The monoisotopic (exact) mass is 255 g/mol. The van der Waals surface area contributed by atoms with Gasteiger partial charge in [0.15, 0.2) is 0 Å². The highest BCUT2D eigenvalue weighted by molar-refractivity contribution is 6.06. The van der Waals surface area contributed by atoms with Crippen molar-refractivity contribution in [2.75, 3.05) is 5.32 Å². The highest BCUT2D eigenvalue weighted by atomic mass is 19.3. The molecule has 1 aromatic carbocycles. The molecule has 0 unspecified atom stereocenters. The molecule has 0 atom stereocenters. The molecule has 98 valence electrons. The molecular weight excluding hydrogens is 240 g/mol. The smallest absolute Gasteiger partial charge is 0.387 e. The summed E-state index contributed by atoms with van der Waals surface area (Å²) in [6, 6.07) is 4.58. The number of ether oxygens (including phenoxy) is 1. The van der Waals surface area contributed by atoms with E-state index in [1.165, 1.54) is 12.1 Å². The molecule has 1 amide bonds. The van der Waals surface area contributed by atoms with Crippen molar-refractivity contribution in [2.24, 2.45) is 0 Å². The molecule has 0 radical (unpaired) electrons. The number of hydrogen-bond donors (Lipinski definition) is 1. The molecule has 0 saturated heterocycles. The molecule has 2 rings (SSSR count). The van der Waals surface area contributed by atoms with Crippen molar-refractivity contribution in [3.8, 4) is 5.75 Å². The highest BCUT2D eigenvalue weighted by Gasteiger charge is 2.44. The zero-order valence-electron chi connectivity index (χ0n) is 10.3. The van der Waals surface area contributed by atoms with E-state index in [9.17, 15) is 13.6 Å². The van der Waals surface area contributed by atoms with Gasteiger partial charge < -0.3 is 10.1 Å². The van der Waals surface area contributed by atoms with Gasteiger partial charge in [0.25, 0.3) is 0 Å². The number of benzene rings is 1. The van der Waals surface area contributed by atoms with E-state index < -0.39 is 12.0 Å². The van der Waals surface area contributed by atoms with Crippen LogP contribution in [-0.2, 0) is 10.2 Å². The third-order valence-electron chi connectivity index (χ3n) is 3.62. The molecule has 0 aliphatic carbocycles. The number of halogens is 2. The maximum atomic E-state index is 12.2. The van der Waals surface area contributed by atoms with Gasteiger partial charge in [-0.25, -0.2) is 0 Å². The highest BCUT2D eigenvalue weighted by Crippen LogP contribution is 2.44. The summed E-state index contributed by atoms with van der Waals surface area (Å²) < 4.78 is 28.8. The van der Waals surface area contributed by atoms with Crippen LogP contribution in [-0.4, -0.2) is 12.5 Å². The van der Waals surface area contributed by atoms with Crippen LogP contribution in [0.15, 0.2) is 18.2 Å². The topological polar surface area (TPSA) is 38.3 Å². The minimum Gasteiger partial charge on any atom is -0.435 e. The number of nitrogens with one attached hydrogen (secondary N) is 1. The molecule has 3 nitrogen and oxygen atoms in total. The molecule has 1 heterocycles. The van der Waals surface area contributed by atoms with E-state index in [4.69, 9.17) is 0 Å². The summed E-state index contributed by atoms with van der Waals surface area (Å²) in [6.45, 7) is 0.975. The number of anilines is 1. The van der Waals surface area contributed by atoms with E-state index in [2.05, 4.69) is 10.1 Å². The molecule has 0 aromatic heterocycles. The Labute approximate surface area is 104 Å². The van der Waals surface area contributed by atoms with Crippen molar-refractivity contribution in [2.45, 2.75) is 38.7 Å². The van der Waals surface area contributed by atoms with Crippen molar-refractivity contribution in [3.63, 3.8) is 0 Å². The minimum atomic E-state index is -2.86. The lowest BCUT2D eigenvalue weighted by molar-refractivity contribution is -0.121. The lowest BCUT2D eigenvalue weighted by Gasteiger charge is -2.24. The van der Waals surface area contributed by atoms with Crippen LogP contribution < -0.4 is 10.1 Å². The van der Waals surface area contributed by atoms with Crippen LogP contribution in [0.4, 0.5) is 14.5 Å². The standard InChI is InChI=1S/C13H15F2NO2/c1-3-13(4-2)9-7-8(18-12(14)15)5-6-10(9)16-11(13)17/h5-7,12H,3-4H2,1-2H3,(H,16,17). The summed E-state index contributed by atoms with van der Waals surface area (Å²) in [6.07, 6.45) is 1.25. The Morgan fingerprint density at radius 1 is 1.33 bits per heavy atom. The fourth-order valence-corrected chi connectivity index (χ4v) is 2.52. The van der Waals surface area contributed by atoms with Crippen LogP contribution in [0, 0.1) is 0 Å². The summed E-state index contributed by atoms with van der Waals surface area (Å²) in [4.78, 5) is 12.0. The van der Waals surface area contributed by atoms with E-state index in [0.29, 0.717) is 18.5 Å². The second kappa shape index (κ2) is 4.55. The van der Waals surface area contributed by atoms with Crippen LogP contribution in [0.3, 0.4) is 0 Å². The van der Waals surface area contributed by atoms with Crippen molar-refractivity contribution >= 4 is 11.6 Å². The second-order valence-corrected chi connectivity index (χ2v) is 4.33. The summed E-state index contributed by atoms with van der Waals surface area (Å²) in [7, 11) is 0. The van der Waals surface area contributed by atoms with Gasteiger partial charge in [-0.05, 0) is 36.6 Å². The minimum absolute atomic E-state index is 0.0725. The van der Waals surface area contributed by atoms with E-state index >= 15 is 0 Å². The summed E-state index contributed by atoms with van der Waals surface area (Å²) in [5.41, 5.74) is 0.803. The number of fused-ring (bicyclic) bond motifs is 1. The number of hydrogen-bond acceptors (Lipinski definition) is 2. The van der Waals surface area contributed by atoms with E-state index in [-0.39, 0.29) is 11.7 Å². The Morgan fingerprint density at radius 3 is 2.56 bits per heavy atom. The molecule has 1 aromatic rings. The first-order valence-electron chi connectivity index (χ1n) is 5.94. The molecule has 0 spiro atoms. The predicted octanol–water partition coefficient (Wildman–Crippen LogP) is 3.30. The Bertz CT molecular complexity index is 470. The largest absolute Gasteiger partial charge is 0.435 e. The fourth-order valence-electron chi connectivity index (χ4n) is 2.52. The third-order valence-corrected chi connectivity index (χ3v) is 3.62. The Morgan fingerprint density at radius 2 is 2.00 bits per heavy atom. The average molecular weight is 255 g/mol. The maximum absolute atomic E-state index is 12.2. The molecule has 18 heavy (non-hydrogen) atoms. The number of amides is 1. The second-order valence-electron chi connectivity index (χ2n) is 4.33. The molecule has 5 heteroatoms. The Balaban J connectivity index is 2.45. The van der Waals surface area contributed by atoms with Gasteiger partial charge in [0.2, 0.25) is 5.91 Å². The van der Waals surface area contributed by atoms with E-state index in [0.717, 1.165) is 5.56 Å². The maximum Gasteiger partial charge on any atom is 0.387 e. The molecule has 1 aliphatic heterocycles. The molecular formula is C13H15F2NO2. The van der Waals surface area contributed by atoms with Gasteiger partial charge >= 0.3 is 6.61 Å². The van der Waals surface area contributed by atoms with Crippen molar-refractivity contribution < 1.29 is 18.3 Å². The first kappa shape index (κ1) is 12.8. The Hall–Kier alpha value is -1.65. The van der Waals surface area contributed by atoms with Crippen molar-refractivity contribution in [1.29, 1.82) is 0 Å². The zero-order valence-corrected chi connectivity index (χ0v) is 10.3. The number of carbonyl (C=O) groups excluding carboxylic acids is 1. The molecule has 0 bridgehead atoms. The first-order valence-corrected chi connectivity index (χ1v) is 5.94. The molecule has 0 fully saturated rings. The summed E-state index contributed by atoms with van der Waals surface area (Å²) in [5.74, 6) is 0.0169. The fraction of sp³-hybridized carbons (Fsp3) is 0.462. The lowest BCUT2D eigenvalue weighted by atomic mass is 9.77. The predicted molar refractivity (Wildman–Crippen MR) is 64.0 cm³/mol. The average Bonchev–Trinajstić information content (AvgIpc) is 2.60. The third kappa shape index (κ3) is 1.83. The SMILES string of the molecule is CCC1(CC)C(=O)Nc2ccc(OC(F)F)cc21. The van der Waals surface area contributed by atoms with Crippen LogP contribution >= 0.6 is 0 Å². The van der Waals surface area contributed by atoms with Gasteiger partial charge in [-0.3, -0.25) is 4.79 Å². The quantitative estimate of drug-likeness (QED) is 0.896. The first-order chi connectivity index (χ1) is 8.53.